The lowest BCUT2D eigenvalue weighted by Gasteiger charge is -2.17. The Morgan fingerprint density at radius 1 is 1.43 bits per heavy atom. The standard InChI is InChI=1S/C17H20N4OS/c1-11-7-12(2)21(20-11)10-17(4-5-17)9-18-16(22)14-8-15-13(19-14)3-6-23-15/h3,6-8,19H,4-5,9-10H2,1-2H3,(H,18,22). The molecule has 0 saturated heterocycles. The monoisotopic (exact) mass is 328 g/mol. The van der Waals surface area contributed by atoms with Gasteiger partial charge in [-0.1, -0.05) is 0 Å². The van der Waals surface area contributed by atoms with Crippen molar-refractivity contribution in [1.29, 1.82) is 0 Å². The van der Waals surface area contributed by atoms with Crippen LogP contribution in [0.4, 0.5) is 0 Å². The maximum atomic E-state index is 12.4. The van der Waals surface area contributed by atoms with Crippen LogP contribution in [0.5, 0.6) is 0 Å². The van der Waals surface area contributed by atoms with E-state index in [1.165, 1.54) is 5.69 Å². The predicted molar refractivity (Wildman–Crippen MR) is 91.9 cm³/mol. The molecule has 0 bridgehead atoms. The molecule has 23 heavy (non-hydrogen) atoms. The summed E-state index contributed by atoms with van der Waals surface area (Å²) >= 11 is 1.64. The van der Waals surface area contributed by atoms with Crippen LogP contribution in [0.25, 0.3) is 10.2 Å². The molecule has 0 aromatic carbocycles. The molecule has 1 aliphatic rings. The number of thiophene rings is 1. The van der Waals surface area contributed by atoms with Gasteiger partial charge in [-0.3, -0.25) is 9.48 Å². The number of nitrogens with one attached hydrogen (secondary N) is 2. The number of hydrogen-bond acceptors (Lipinski definition) is 3. The van der Waals surface area contributed by atoms with Crippen molar-refractivity contribution in [3.05, 3.63) is 40.7 Å². The smallest absolute Gasteiger partial charge is 0.267 e. The first-order valence-electron chi connectivity index (χ1n) is 7.90. The van der Waals surface area contributed by atoms with E-state index < -0.39 is 0 Å². The third kappa shape index (κ3) is 2.79. The Morgan fingerprint density at radius 3 is 2.91 bits per heavy atom. The fraction of sp³-hybridized carbons (Fsp3) is 0.412. The van der Waals surface area contributed by atoms with Gasteiger partial charge in [0.05, 0.1) is 15.9 Å². The molecule has 120 valence electrons. The molecule has 1 fully saturated rings. The van der Waals surface area contributed by atoms with Crippen molar-refractivity contribution in [3.8, 4) is 0 Å². The van der Waals surface area contributed by atoms with Gasteiger partial charge in [-0.25, -0.2) is 0 Å². The van der Waals surface area contributed by atoms with Crippen LogP contribution in [-0.4, -0.2) is 27.2 Å². The van der Waals surface area contributed by atoms with Gasteiger partial charge in [0, 0.05) is 24.2 Å². The Balaban J connectivity index is 1.41. The topological polar surface area (TPSA) is 62.7 Å². The van der Waals surface area contributed by atoms with Crippen molar-refractivity contribution >= 4 is 27.5 Å². The summed E-state index contributed by atoms with van der Waals surface area (Å²) < 4.78 is 3.19. The van der Waals surface area contributed by atoms with Crippen LogP contribution in [0.15, 0.2) is 23.6 Å². The lowest BCUT2D eigenvalue weighted by Crippen LogP contribution is -2.32. The molecule has 1 amide bonds. The summed E-state index contributed by atoms with van der Waals surface area (Å²) in [6.07, 6.45) is 2.29. The summed E-state index contributed by atoms with van der Waals surface area (Å²) in [5.41, 5.74) is 4.08. The summed E-state index contributed by atoms with van der Waals surface area (Å²) in [5.74, 6) is -0.0203. The zero-order chi connectivity index (χ0) is 16.0. The molecule has 0 aliphatic heterocycles. The van der Waals surface area contributed by atoms with E-state index in [1.54, 1.807) is 11.3 Å². The Morgan fingerprint density at radius 2 is 2.26 bits per heavy atom. The van der Waals surface area contributed by atoms with Crippen LogP contribution in [0.3, 0.4) is 0 Å². The second-order valence-electron chi connectivity index (χ2n) is 6.65. The fourth-order valence-corrected chi connectivity index (χ4v) is 3.84. The number of rotatable bonds is 5. The minimum atomic E-state index is -0.0203. The average molecular weight is 328 g/mol. The third-order valence-corrected chi connectivity index (χ3v) is 5.52. The maximum Gasteiger partial charge on any atom is 0.267 e. The minimum Gasteiger partial charge on any atom is -0.350 e. The number of nitrogens with zero attached hydrogens (tertiary/aromatic N) is 2. The fourth-order valence-electron chi connectivity index (χ4n) is 3.05. The first kappa shape index (κ1) is 14.5. The summed E-state index contributed by atoms with van der Waals surface area (Å²) in [6.45, 7) is 5.69. The summed E-state index contributed by atoms with van der Waals surface area (Å²) in [7, 11) is 0. The first-order valence-corrected chi connectivity index (χ1v) is 8.78. The number of H-pyrrole nitrogens is 1. The quantitative estimate of drug-likeness (QED) is 0.755. The van der Waals surface area contributed by atoms with E-state index in [-0.39, 0.29) is 11.3 Å². The number of amides is 1. The molecule has 0 atom stereocenters. The normalized spacial score (nSPS) is 15.9. The molecule has 3 aromatic rings. The molecule has 3 heterocycles. The van der Waals surface area contributed by atoms with E-state index in [1.807, 2.05) is 24.4 Å². The van der Waals surface area contributed by atoms with Crippen molar-refractivity contribution in [1.82, 2.24) is 20.1 Å². The van der Waals surface area contributed by atoms with Crippen molar-refractivity contribution < 1.29 is 4.79 Å². The highest BCUT2D eigenvalue weighted by Crippen LogP contribution is 2.46. The van der Waals surface area contributed by atoms with Crippen LogP contribution in [0.1, 0.15) is 34.7 Å². The van der Waals surface area contributed by atoms with Crippen molar-refractivity contribution in [2.45, 2.75) is 33.2 Å². The highest BCUT2D eigenvalue weighted by molar-refractivity contribution is 7.17. The van der Waals surface area contributed by atoms with E-state index in [2.05, 4.69) is 33.1 Å². The lowest BCUT2D eigenvalue weighted by molar-refractivity contribution is 0.0938. The largest absolute Gasteiger partial charge is 0.350 e. The first-order chi connectivity index (χ1) is 11.0. The summed E-state index contributed by atoms with van der Waals surface area (Å²) in [6, 6.07) is 6.03. The SMILES string of the molecule is Cc1cc(C)n(CC2(CNC(=O)c3cc4sccc4[nH]3)CC2)n1. The van der Waals surface area contributed by atoms with Gasteiger partial charge in [0.25, 0.3) is 5.91 Å². The highest BCUT2D eigenvalue weighted by atomic mass is 32.1. The van der Waals surface area contributed by atoms with Gasteiger partial charge in [-0.15, -0.1) is 11.3 Å². The summed E-state index contributed by atoms with van der Waals surface area (Å²) in [5, 5.41) is 9.66. The maximum absolute atomic E-state index is 12.4. The second-order valence-corrected chi connectivity index (χ2v) is 7.60. The van der Waals surface area contributed by atoms with Gasteiger partial charge in [0.1, 0.15) is 5.69 Å². The van der Waals surface area contributed by atoms with E-state index >= 15 is 0 Å². The van der Waals surface area contributed by atoms with Gasteiger partial charge >= 0.3 is 0 Å². The molecule has 3 aromatic heterocycles. The van der Waals surface area contributed by atoms with Gasteiger partial charge in [0.15, 0.2) is 0 Å². The van der Waals surface area contributed by atoms with E-state index in [9.17, 15) is 4.79 Å². The van der Waals surface area contributed by atoms with E-state index in [4.69, 9.17) is 0 Å². The number of carbonyl (C=O) groups excluding carboxylic acids is 1. The Labute approximate surface area is 138 Å². The zero-order valence-electron chi connectivity index (χ0n) is 13.3. The number of aryl methyl sites for hydroxylation is 2. The predicted octanol–water partition coefficient (Wildman–Crippen LogP) is 3.25. The molecule has 6 heteroatoms. The molecule has 5 nitrogen and oxygen atoms in total. The van der Waals surface area contributed by atoms with E-state index in [0.29, 0.717) is 12.2 Å². The number of carbonyl (C=O) groups is 1. The average Bonchev–Trinajstić information content (AvgIpc) is 2.81. The van der Waals surface area contributed by atoms with Gasteiger partial charge in [-0.05, 0) is 50.3 Å². The molecule has 1 aliphatic carbocycles. The molecule has 0 radical (unpaired) electrons. The molecular weight excluding hydrogens is 308 g/mol. The molecule has 2 N–H and O–H groups in total. The number of hydrogen-bond donors (Lipinski definition) is 2. The van der Waals surface area contributed by atoms with Crippen molar-refractivity contribution in [2.75, 3.05) is 6.54 Å². The van der Waals surface area contributed by atoms with Crippen LogP contribution < -0.4 is 5.32 Å². The lowest BCUT2D eigenvalue weighted by atomic mass is 10.1. The van der Waals surface area contributed by atoms with Crippen molar-refractivity contribution in [2.24, 2.45) is 5.41 Å². The minimum absolute atomic E-state index is 0.0203. The van der Waals surface area contributed by atoms with Gasteiger partial charge in [0.2, 0.25) is 0 Å². The van der Waals surface area contributed by atoms with E-state index in [0.717, 1.165) is 35.3 Å². The highest BCUT2D eigenvalue weighted by Gasteiger charge is 2.43. The van der Waals surface area contributed by atoms with Crippen molar-refractivity contribution in [3.63, 3.8) is 0 Å². The number of fused-ring (bicyclic) bond motifs is 1. The van der Waals surface area contributed by atoms with Gasteiger partial charge < -0.3 is 10.3 Å². The van der Waals surface area contributed by atoms with Crippen LogP contribution in [0, 0.1) is 19.3 Å². The molecular formula is C17H20N4OS. The molecule has 4 rings (SSSR count). The van der Waals surface area contributed by atoms with Crippen LogP contribution >= 0.6 is 11.3 Å². The Hall–Kier alpha value is -2.08. The molecule has 1 saturated carbocycles. The second kappa shape index (κ2) is 5.23. The number of aromatic nitrogens is 3. The zero-order valence-corrected chi connectivity index (χ0v) is 14.2. The molecule has 0 unspecified atom stereocenters. The Bertz CT molecular complexity index is 840. The number of aromatic amines is 1. The summed E-state index contributed by atoms with van der Waals surface area (Å²) in [4.78, 5) is 15.5. The molecule has 0 spiro atoms. The van der Waals surface area contributed by atoms with Gasteiger partial charge in [-0.2, -0.15) is 5.10 Å². The Kier molecular flexibility index (Phi) is 3.30. The third-order valence-electron chi connectivity index (χ3n) is 4.65. The van der Waals surface area contributed by atoms with Crippen LogP contribution in [-0.2, 0) is 6.54 Å². The van der Waals surface area contributed by atoms with Crippen LogP contribution in [0.2, 0.25) is 0 Å².